The summed E-state index contributed by atoms with van der Waals surface area (Å²) in [6.45, 7) is 0. The lowest BCUT2D eigenvalue weighted by Crippen LogP contribution is -1.83. The average Bonchev–Trinajstić information content (AvgIpc) is 2.71. The van der Waals surface area contributed by atoms with Crippen LogP contribution in [0.5, 0.6) is 0 Å². The van der Waals surface area contributed by atoms with Crippen LogP contribution >= 0.6 is 23.2 Å². The van der Waals surface area contributed by atoms with Crippen LogP contribution in [0.25, 0.3) is 33.4 Å². The van der Waals surface area contributed by atoms with E-state index in [9.17, 15) is 0 Å². The van der Waals surface area contributed by atoms with Crippen molar-refractivity contribution in [3.63, 3.8) is 0 Å². The first kappa shape index (κ1) is 16.9. The van der Waals surface area contributed by atoms with Crippen LogP contribution in [0.4, 0.5) is 0 Å². The van der Waals surface area contributed by atoms with Crippen LogP contribution in [0.15, 0.2) is 97.1 Å². The van der Waals surface area contributed by atoms with Gasteiger partial charge >= 0.3 is 0 Å². The molecule has 0 bridgehead atoms. The molecule has 0 saturated carbocycles. The second-order valence-electron chi connectivity index (χ2n) is 6.14. The van der Waals surface area contributed by atoms with Crippen LogP contribution in [0.3, 0.4) is 0 Å². The third-order valence-electron chi connectivity index (χ3n) is 4.45. The fraction of sp³-hybridized carbons (Fsp3) is 0. The molecule has 0 N–H and O–H groups in total. The average molecular weight is 375 g/mol. The highest BCUT2D eigenvalue weighted by Gasteiger charge is 2.06. The Bertz CT molecular complexity index is 1020. The summed E-state index contributed by atoms with van der Waals surface area (Å²) in [5.74, 6) is 0. The number of benzene rings is 4. The highest BCUT2D eigenvalue weighted by atomic mass is 35.5. The number of hydrogen-bond donors (Lipinski definition) is 0. The van der Waals surface area contributed by atoms with Gasteiger partial charge in [0.2, 0.25) is 0 Å². The molecular weight excluding hydrogens is 359 g/mol. The van der Waals surface area contributed by atoms with E-state index in [4.69, 9.17) is 23.2 Å². The molecule has 0 atom stereocenters. The first-order valence-electron chi connectivity index (χ1n) is 8.42. The fourth-order valence-electron chi connectivity index (χ4n) is 3.05. The molecule has 0 radical (unpaired) electrons. The normalized spacial score (nSPS) is 10.7. The standard InChI is InChI=1S/C24H16Cl2/c25-22-14-15-24(26)23(16-22)21-12-10-20(11-13-21)19-8-6-18(7-9-19)17-4-2-1-3-5-17/h1-16H. The topological polar surface area (TPSA) is 0 Å². The summed E-state index contributed by atoms with van der Waals surface area (Å²) >= 11 is 12.4. The molecule has 0 unspecified atom stereocenters. The third-order valence-corrected chi connectivity index (χ3v) is 5.01. The second-order valence-corrected chi connectivity index (χ2v) is 6.99. The molecular formula is C24H16Cl2. The van der Waals surface area contributed by atoms with Gasteiger partial charge in [0.05, 0.1) is 0 Å². The molecule has 126 valence electrons. The minimum Gasteiger partial charge on any atom is -0.0843 e. The minimum atomic E-state index is 0.685. The monoisotopic (exact) mass is 374 g/mol. The summed E-state index contributed by atoms with van der Waals surface area (Å²) in [5.41, 5.74) is 6.81. The number of hydrogen-bond acceptors (Lipinski definition) is 0. The van der Waals surface area contributed by atoms with Gasteiger partial charge in [0.15, 0.2) is 0 Å². The van der Waals surface area contributed by atoms with E-state index >= 15 is 0 Å². The Balaban J connectivity index is 1.62. The van der Waals surface area contributed by atoms with E-state index < -0.39 is 0 Å². The van der Waals surface area contributed by atoms with Gasteiger partial charge in [0.25, 0.3) is 0 Å². The van der Waals surface area contributed by atoms with Crippen molar-refractivity contribution in [1.82, 2.24) is 0 Å². The van der Waals surface area contributed by atoms with E-state index in [2.05, 4.69) is 72.8 Å². The van der Waals surface area contributed by atoms with Crippen LogP contribution in [0.2, 0.25) is 10.0 Å². The predicted octanol–water partition coefficient (Wildman–Crippen LogP) is 7.99. The number of halogens is 2. The summed E-state index contributed by atoms with van der Waals surface area (Å²) in [7, 11) is 0. The maximum absolute atomic E-state index is 6.30. The lowest BCUT2D eigenvalue weighted by Gasteiger charge is -2.08. The second kappa shape index (κ2) is 7.37. The quantitative estimate of drug-likeness (QED) is 0.340. The molecule has 0 nitrogen and oxygen atoms in total. The zero-order valence-corrected chi connectivity index (χ0v) is 15.5. The van der Waals surface area contributed by atoms with Crippen molar-refractivity contribution in [2.75, 3.05) is 0 Å². The molecule has 0 aliphatic rings. The summed E-state index contributed by atoms with van der Waals surface area (Å²) in [6.07, 6.45) is 0. The van der Waals surface area contributed by atoms with Crippen molar-refractivity contribution in [1.29, 1.82) is 0 Å². The fourth-order valence-corrected chi connectivity index (χ4v) is 3.45. The summed E-state index contributed by atoms with van der Waals surface area (Å²) in [4.78, 5) is 0. The lowest BCUT2D eigenvalue weighted by atomic mass is 9.98. The van der Waals surface area contributed by atoms with Crippen molar-refractivity contribution in [3.8, 4) is 33.4 Å². The molecule has 0 aromatic heterocycles. The maximum Gasteiger partial charge on any atom is 0.0485 e. The Kier molecular flexibility index (Phi) is 4.79. The van der Waals surface area contributed by atoms with E-state index in [-0.39, 0.29) is 0 Å². The zero-order valence-electron chi connectivity index (χ0n) is 14.0. The summed E-state index contributed by atoms with van der Waals surface area (Å²) in [5, 5.41) is 1.39. The van der Waals surface area contributed by atoms with Crippen LogP contribution in [0, 0.1) is 0 Å². The van der Waals surface area contributed by atoms with Crippen LogP contribution < -0.4 is 0 Å². The zero-order chi connectivity index (χ0) is 17.9. The molecule has 0 saturated heterocycles. The first-order valence-corrected chi connectivity index (χ1v) is 9.18. The Labute approximate surface area is 163 Å². The third kappa shape index (κ3) is 3.53. The molecule has 26 heavy (non-hydrogen) atoms. The molecule has 4 aromatic carbocycles. The van der Waals surface area contributed by atoms with Gasteiger partial charge in [-0.2, -0.15) is 0 Å². The van der Waals surface area contributed by atoms with Crippen molar-refractivity contribution in [3.05, 3.63) is 107 Å². The highest BCUT2D eigenvalue weighted by molar-refractivity contribution is 6.35. The first-order chi connectivity index (χ1) is 12.7. The van der Waals surface area contributed by atoms with Gasteiger partial charge in [-0.15, -0.1) is 0 Å². The van der Waals surface area contributed by atoms with Crippen molar-refractivity contribution >= 4 is 23.2 Å². The van der Waals surface area contributed by atoms with E-state index in [0.717, 1.165) is 11.1 Å². The van der Waals surface area contributed by atoms with Gasteiger partial charge in [-0.05, 0) is 46.0 Å². The van der Waals surface area contributed by atoms with E-state index in [1.165, 1.54) is 22.3 Å². The lowest BCUT2D eigenvalue weighted by molar-refractivity contribution is 1.57. The molecule has 4 aromatic rings. The molecule has 0 heterocycles. The van der Waals surface area contributed by atoms with E-state index in [0.29, 0.717) is 10.0 Å². The molecule has 0 aliphatic carbocycles. The molecule has 2 heteroatoms. The smallest absolute Gasteiger partial charge is 0.0485 e. The molecule has 0 amide bonds. The largest absolute Gasteiger partial charge is 0.0843 e. The Hall–Kier alpha value is -2.54. The highest BCUT2D eigenvalue weighted by Crippen LogP contribution is 2.32. The van der Waals surface area contributed by atoms with E-state index in [1.54, 1.807) is 6.07 Å². The van der Waals surface area contributed by atoms with E-state index in [1.807, 2.05) is 18.2 Å². The van der Waals surface area contributed by atoms with Crippen LogP contribution in [-0.2, 0) is 0 Å². The van der Waals surface area contributed by atoms with Crippen LogP contribution in [-0.4, -0.2) is 0 Å². The van der Waals surface area contributed by atoms with Crippen molar-refractivity contribution in [2.24, 2.45) is 0 Å². The molecule has 4 rings (SSSR count). The Morgan fingerprint density at radius 2 is 0.885 bits per heavy atom. The SMILES string of the molecule is Clc1ccc(Cl)c(-c2ccc(-c3ccc(-c4ccccc4)cc3)cc2)c1. The van der Waals surface area contributed by atoms with Gasteiger partial charge in [-0.1, -0.05) is 102 Å². The van der Waals surface area contributed by atoms with Crippen LogP contribution in [0.1, 0.15) is 0 Å². The van der Waals surface area contributed by atoms with Gasteiger partial charge in [-0.3, -0.25) is 0 Å². The Morgan fingerprint density at radius 3 is 1.42 bits per heavy atom. The molecule has 0 spiro atoms. The molecule has 0 aliphatic heterocycles. The maximum atomic E-state index is 6.30. The summed E-state index contributed by atoms with van der Waals surface area (Å²) < 4.78 is 0. The van der Waals surface area contributed by atoms with Gasteiger partial charge in [-0.25, -0.2) is 0 Å². The van der Waals surface area contributed by atoms with Crippen molar-refractivity contribution < 1.29 is 0 Å². The van der Waals surface area contributed by atoms with Gasteiger partial charge in [0.1, 0.15) is 0 Å². The predicted molar refractivity (Wildman–Crippen MR) is 113 cm³/mol. The minimum absolute atomic E-state index is 0.685. The van der Waals surface area contributed by atoms with Crippen molar-refractivity contribution in [2.45, 2.75) is 0 Å². The Morgan fingerprint density at radius 1 is 0.423 bits per heavy atom. The van der Waals surface area contributed by atoms with Gasteiger partial charge in [0, 0.05) is 15.6 Å². The van der Waals surface area contributed by atoms with Gasteiger partial charge < -0.3 is 0 Å². The molecule has 0 fully saturated rings. The number of rotatable bonds is 3. The summed E-state index contributed by atoms with van der Waals surface area (Å²) in [6, 6.07) is 32.9.